The number of aliphatic hydroxyl groups excluding tert-OH is 1. The number of rotatable bonds is 9. The molecule has 1 aromatic heterocycles. The van der Waals surface area contributed by atoms with Crippen molar-refractivity contribution in [1.82, 2.24) is 10.5 Å². The van der Waals surface area contributed by atoms with Gasteiger partial charge in [-0.05, 0) is 45.1 Å². The highest BCUT2D eigenvalue weighted by Gasteiger charge is 2.37. The molecule has 8 nitrogen and oxygen atoms in total. The van der Waals surface area contributed by atoms with Crippen LogP contribution in [0.2, 0.25) is 0 Å². The number of amides is 2. The Morgan fingerprint density at radius 2 is 1.84 bits per heavy atom. The minimum atomic E-state index is -1.11. The summed E-state index contributed by atoms with van der Waals surface area (Å²) in [5.74, 6) is -0.168. The fraction of sp³-hybridized carbons (Fsp3) is 0.400. The number of likely N-dealkylation sites (N-methyl/N-ethyl adjacent to an activating group) is 1. The van der Waals surface area contributed by atoms with E-state index in [-0.39, 0.29) is 11.8 Å². The van der Waals surface area contributed by atoms with Crippen molar-refractivity contribution in [3.63, 3.8) is 0 Å². The van der Waals surface area contributed by atoms with Crippen molar-refractivity contribution in [2.75, 3.05) is 11.9 Å². The number of hydrogen-bond donors (Lipinski definition) is 2. The Kier molecular flexibility index (Phi) is 7.42. The van der Waals surface area contributed by atoms with Gasteiger partial charge in [0.05, 0.1) is 29.1 Å². The van der Waals surface area contributed by atoms with Crippen LogP contribution in [0.4, 0.5) is 5.69 Å². The molecule has 3 atom stereocenters. The lowest BCUT2D eigenvalue weighted by atomic mass is 9.90. The first-order valence-corrected chi connectivity index (χ1v) is 13.2. The molecule has 2 heterocycles. The predicted molar refractivity (Wildman–Crippen MR) is 145 cm³/mol. The maximum Gasteiger partial charge on any atom is 0.272 e. The van der Waals surface area contributed by atoms with Crippen LogP contribution < -0.4 is 10.2 Å². The normalized spacial score (nSPS) is 18.8. The van der Waals surface area contributed by atoms with E-state index >= 15 is 0 Å². The maximum atomic E-state index is 13.6. The second-order valence-corrected chi connectivity index (χ2v) is 10.4. The maximum absolute atomic E-state index is 13.6. The molecule has 2 amide bonds. The van der Waals surface area contributed by atoms with E-state index in [0.717, 1.165) is 46.7 Å². The van der Waals surface area contributed by atoms with Crippen molar-refractivity contribution in [1.29, 1.82) is 0 Å². The number of aryl methyl sites for hydroxylation is 2. The van der Waals surface area contributed by atoms with Gasteiger partial charge in [-0.2, -0.15) is 0 Å². The number of fused-ring (bicyclic) bond motifs is 1. The van der Waals surface area contributed by atoms with E-state index in [1.807, 2.05) is 68.4 Å². The lowest BCUT2D eigenvalue weighted by molar-refractivity contribution is -0.133. The van der Waals surface area contributed by atoms with E-state index in [0.29, 0.717) is 30.9 Å². The van der Waals surface area contributed by atoms with E-state index in [2.05, 4.69) is 10.5 Å². The van der Waals surface area contributed by atoms with E-state index in [9.17, 15) is 14.7 Å². The number of nitrogens with zero attached hydrogens (tertiary/aromatic N) is 3. The van der Waals surface area contributed by atoms with Gasteiger partial charge < -0.3 is 19.8 Å². The summed E-state index contributed by atoms with van der Waals surface area (Å²) in [6.07, 6.45) is 1.68. The van der Waals surface area contributed by atoms with E-state index in [1.54, 1.807) is 11.9 Å². The minimum Gasteiger partial charge on any atom is -0.392 e. The highest BCUT2D eigenvalue weighted by Crippen LogP contribution is 2.37. The summed E-state index contributed by atoms with van der Waals surface area (Å²) in [5.41, 5.74) is 4.81. The molecule has 1 aliphatic carbocycles. The first-order valence-electron chi connectivity index (χ1n) is 13.2. The largest absolute Gasteiger partial charge is 0.392 e. The number of aliphatic imine (C=N–C) groups is 1. The van der Waals surface area contributed by atoms with Gasteiger partial charge in [0.2, 0.25) is 12.1 Å². The number of carbonyl (C=O) groups is 2. The van der Waals surface area contributed by atoms with Crippen LogP contribution in [0.1, 0.15) is 53.8 Å². The summed E-state index contributed by atoms with van der Waals surface area (Å²) in [7, 11) is 1.70. The van der Waals surface area contributed by atoms with Crippen molar-refractivity contribution in [3.8, 4) is 0 Å². The average Bonchev–Trinajstić information content (AvgIpc) is 3.71. The molecule has 1 aliphatic heterocycles. The molecule has 3 unspecified atom stereocenters. The Morgan fingerprint density at radius 3 is 2.53 bits per heavy atom. The van der Waals surface area contributed by atoms with Crippen molar-refractivity contribution >= 4 is 23.2 Å². The van der Waals surface area contributed by atoms with Gasteiger partial charge in [-0.15, -0.1) is 0 Å². The Bertz CT molecular complexity index is 1330. The summed E-state index contributed by atoms with van der Waals surface area (Å²) in [6.45, 7) is 3.73. The number of aromatic nitrogens is 1. The fourth-order valence-corrected chi connectivity index (χ4v) is 5.19. The summed E-state index contributed by atoms with van der Waals surface area (Å²) >= 11 is 0. The molecule has 2 N–H and O–H groups in total. The van der Waals surface area contributed by atoms with Crippen molar-refractivity contribution in [2.45, 2.75) is 58.2 Å². The summed E-state index contributed by atoms with van der Waals surface area (Å²) in [5, 5.41) is 18.1. The molecule has 3 aromatic rings. The molecule has 0 saturated heterocycles. The molecule has 0 spiro atoms. The standard InChI is InChI=1S/C30H34N4O4/c1-18-22(19(2)38-33-18)15-16-26(35)24(17-20-13-14-20)29(36)32-28-30(37)34(3)25-12-8-7-11-23(25)27(31-28)21-9-5-4-6-10-21/h4-12,20,24,26,28,35H,13-17H2,1-3H3,(H,32,36). The SMILES string of the molecule is Cc1noc(C)c1CCC(O)C(CC1CC1)C(=O)NC1N=C(c2ccccc2)c2ccccc2N(C)C1=O. The van der Waals surface area contributed by atoms with E-state index < -0.39 is 18.2 Å². The number of nitrogens with one attached hydrogen (secondary N) is 1. The number of aliphatic hydroxyl groups is 1. The average molecular weight is 515 g/mol. The lowest BCUT2D eigenvalue weighted by Gasteiger charge is -2.25. The van der Waals surface area contributed by atoms with Crippen LogP contribution in [0.15, 0.2) is 64.1 Å². The van der Waals surface area contributed by atoms with Crippen LogP contribution >= 0.6 is 0 Å². The van der Waals surface area contributed by atoms with Crippen LogP contribution in [-0.2, 0) is 16.0 Å². The first kappa shape index (κ1) is 25.9. The Labute approximate surface area is 222 Å². The Morgan fingerprint density at radius 1 is 1.13 bits per heavy atom. The molecule has 38 heavy (non-hydrogen) atoms. The zero-order valence-corrected chi connectivity index (χ0v) is 22.1. The number of hydrogen-bond acceptors (Lipinski definition) is 6. The zero-order valence-electron chi connectivity index (χ0n) is 22.1. The summed E-state index contributed by atoms with van der Waals surface area (Å²) in [4.78, 5) is 33.5. The quantitative estimate of drug-likeness (QED) is 0.449. The Hall–Kier alpha value is -3.78. The smallest absolute Gasteiger partial charge is 0.272 e. The third-order valence-corrected chi connectivity index (χ3v) is 7.63. The number of benzodiazepines with no additional fused rings is 1. The van der Waals surface area contributed by atoms with Crippen LogP contribution in [0.25, 0.3) is 0 Å². The van der Waals surface area contributed by atoms with Gasteiger partial charge >= 0.3 is 0 Å². The topological polar surface area (TPSA) is 108 Å². The molecule has 5 rings (SSSR count). The van der Waals surface area contributed by atoms with Gasteiger partial charge in [0.1, 0.15) is 5.76 Å². The lowest BCUT2D eigenvalue weighted by Crippen LogP contribution is -2.49. The second kappa shape index (κ2) is 10.9. The fourth-order valence-electron chi connectivity index (χ4n) is 5.19. The van der Waals surface area contributed by atoms with Gasteiger partial charge in [0.15, 0.2) is 0 Å². The predicted octanol–water partition coefficient (Wildman–Crippen LogP) is 3.96. The number of benzene rings is 2. The Balaban J connectivity index is 1.40. The van der Waals surface area contributed by atoms with Crippen molar-refractivity contribution < 1.29 is 19.2 Å². The second-order valence-electron chi connectivity index (χ2n) is 10.4. The third-order valence-electron chi connectivity index (χ3n) is 7.63. The van der Waals surface area contributed by atoms with Crippen LogP contribution in [0.3, 0.4) is 0 Å². The molecule has 198 valence electrons. The summed E-state index contributed by atoms with van der Waals surface area (Å²) < 4.78 is 5.25. The van der Waals surface area contributed by atoms with Crippen LogP contribution in [-0.4, -0.2) is 47.1 Å². The van der Waals surface area contributed by atoms with Gasteiger partial charge in [-0.1, -0.05) is 66.5 Å². The number of carbonyl (C=O) groups excluding carboxylic acids is 2. The van der Waals surface area contributed by atoms with Crippen LogP contribution in [0, 0.1) is 25.7 Å². The van der Waals surface area contributed by atoms with Gasteiger partial charge in [-0.3, -0.25) is 9.59 Å². The molecular weight excluding hydrogens is 480 g/mol. The van der Waals surface area contributed by atoms with E-state index in [1.165, 1.54) is 0 Å². The van der Waals surface area contributed by atoms with Crippen LogP contribution in [0.5, 0.6) is 0 Å². The molecule has 1 saturated carbocycles. The molecule has 2 aromatic carbocycles. The highest BCUT2D eigenvalue weighted by molar-refractivity contribution is 6.20. The van der Waals surface area contributed by atoms with Gasteiger partial charge in [-0.25, -0.2) is 4.99 Å². The number of anilines is 1. The molecular formula is C30H34N4O4. The first-order chi connectivity index (χ1) is 18.3. The van der Waals surface area contributed by atoms with Crippen molar-refractivity contribution in [3.05, 3.63) is 82.7 Å². The minimum absolute atomic E-state index is 0.327. The van der Waals surface area contributed by atoms with Gasteiger partial charge in [0.25, 0.3) is 5.91 Å². The van der Waals surface area contributed by atoms with E-state index in [4.69, 9.17) is 9.52 Å². The molecule has 8 heteroatoms. The zero-order chi connectivity index (χ0) is 26.8. The number of para-hydroxylation sites is 1. The molecule has 0 bridgehead atoms. The molecule has 1 fully saturated rings. The third kappa shape index (κ3) is 5.41. The molecule has 0 radical (unpaired) electrons. The molecule has 2 aliphatic rings. The monoisotopic (exact) mass is 514 g/mol. The highest BCUT2D eigenvalue weighted by atomic mass is 16.5. The van der Waals surface area contributed by atoms with Gasteiger partial charge in [0, 0.05) is 23.7 Å². The van der Waals surface area contributed by atoms with Crippen molar-refractivity contribution in [2.24, 2.45) is 16.8 Å². The summed E-state index contributed by atoms with van der Waals surface area (Å²) in [6, 6.07) is 17.3.